The summed E-state index contributed by atoms with van der Waals surface area (Å²) in [6.45, 7) is 0. The van der Waals surface area contributed by atoms with Gasteiger partial charge in [-0.3, -0.25) is 4.79 Å². The van der Waals surface area contributed by atoms with Crippen LogP contribution in [-0.4, -0.2) is 5.78 Å². The average Bonchev–Trinajstić information content (AvgIpc) is 3.30. The lowest BCUT2D eigenvalue weighted by atomic mass is 10.0. The molecule has 7 heteroatoms. The molecule has 0 saturated heterocycles. The number of halogens is 4. The second kappa shape index (κ2) is 8.19. The van der Waals surface area contributed by atoms with Crippen molar-refractivity contribution in [2.45, 2.75) is 0 Å². The van der Waals surface area contributed by atoms with Crippen LogP contribution in [0.1, 0.15) is 14.5 Å². The monoisotopic (exact) mass is 482 g/mol. The molecule has 2 aromatic carbocycles. The van der Waals surface area contributed by atoms with Gasteiger partial charge in [-0.05, 0) is 47.2 Å². The van der Waals surface area contributed by atoms with Gasteiger partial charge in [0.1, 0.15) is 0 Å². The zero-order chi connectivity index (χ0) is 19.8. The van der Waals surface area contributed by atoms with Crippen molar-refractivity contribution in [1.82, 2.24) is 0 Å². The molecule has 0 saturated carbocycles. The molecule has 0 aliphatic rings. The zero-order valence-electron chi connectivity index (χ0n) is 14.0. The zero-order valence-corrected chi connectivity index (χ0v) is 18.7. The van der Waals surface area contributed by atoms with Crippen LogP contribution in [0.25, 0.3) is 22.3 Å². The predicted molar refractivity (Wildman–Crippen MR) is 123 cm³/mol. The molecular weight excluding hydrogens is 474 g/mol. The second-order valence-electron chi connectivity index (χ2n) is 5.90. The minimum atomic E-state index is -0.0629. The molecule has 1 nitrogen and oxygen atoms in total. The largest absolute Gasteiger partial charge is 0.287 e. The minimum absolute atomic E-state index is 0.0629. The van der Waals surface area contributed by atoms with Crippen LogP contribution >= 0.6 is 69.1 Å². The summed E-state index contributed by atoms with van der Waals surface area (Å²) in [5.74, 6) is -0.0629. The second-order valence-corrected chi connectivity index (χ2v) is 9.42. The predicted octanol–water partition coefficient (Wildman–Crippen LogP) is 8.99. The molecule has 28 heavy (non-hydrogen) atoms. The maximum Gasteiger partial charge on any atom is 0.214 e. The Kier molecular flexibility index (Phi) is 5.84. The summed E-state index contributed by atoms with van der Waals surface area (Å²) in [6, 6.07) is 14.3. The van der Waals surface area contributed by atoms with E-state index in [0.29, 0.717) is 29.8 Å². The summed E-state index contributed by atoms with van der Waals surface area (Å²) in [5.41, 5.74) is 3.13. The Morgan fingerprint density at radius 3 is 1.43 bits per heavy atom. The van der Waals surface area contributed by atoms with Gasteiger partial charge in [0.2, 0.25) is 5.78 Å². The van der Waals surface area contributed by atoms with Crippen molar-refractivity contribution in [2.75, 3.05) is 0 Å². The summed E-state index contributed by atoms with van der Waals surface area (Å²) in [6.07, 6.45) is 0. The Hall–Kier alpha value is -1.33. The van der Waals surface area contributed by atoms with Crippen molar-refractivity contribution in [3.8, 4) is 22.3 Å². The highest BCUT2D eigenvalue weighted by Crippen LogP contribution is 2.40. The van der Waals surface area contributed by atoms with Gasteiger partial charge < -0.3 is 0 Å². The van der Waals surface area contributed by atoms with Crippen molar-refractivity contribution in [2.24, 2.45) is 0 Å². The molecule has 4 rings (SSSR count). The van der Waals surface area contributed by atoms with Crippen molar-refractivity contribution in [3.63, 3.8) is 0 Å². The van der Waals surface area contributed by atoms with Crippen LogP contribution in [0, 0.1) is 0 Å². The maximum absolute atomic E-state index is 13.4. The summed E-state index contributed by atoms with van der Waals surface area (Å²) in [5, 5.41) is 5.88. The summed E-state index contributed by atoms with van der Waals surface area (Å²) >= 11 is 27.5. The van der Waals surface area contributed by atoms with Gasteiger partial charge in [0.15, 0.2) is 0 Å². The molecule has 0 aliphatic carbocycles. The van der Waals surface area contributed by atoms with E-state index in [2.05, 4.69) is 0 Å². The number of carbonyl (C=O) groups excluding carboxylic acids is 1. The molecule has 4 aromatic rings. The van der Waals surface area contributed by atoms with Crippen LogP contribution in [0.4, 0.5) is 0 Å². The maximum atomic E-state index is 13.4. The lowest BCUT2D eigenvalue weighted by Gasteiger charge is -2.08. The molecule has 0 unspecified atom stereocenters. The van der Waals surface area contributed by atoms with Gasteiger partial charge >= 0.3 is 0 Å². The van der Waals surface area contributed by atoms with Gasteiger partial charge in [-0.2, -0.15) is 0 Å². The topological polar surface area (TPSA) is 17.1 Å². The smallest absolute Gasteiger partial charge is 0.214 e. The van der Waals surface area contributed by atoms with E-state index in [1.807, 2.05) is 35.0 Å². The molecule has 0 radical (unpaired) electrons. The standard InChI is InChI=1S/C21H10Cl4OS2/c22-11-1-3-13(17(24)9-11)15-5-7-27-20(15)19(26)21-16(6-8-28-21)14-4-2-12(23)10-18(14)25/h1-10H. The lowest BCUT2D eigenvalue weighted by Crippen LogP contribution is -2.00. The quantitative estimate of drug-likeness (QED) is 0.264. The summed E-state index contributed by atoms with van der Waals surface area (Å²) in [7, 11) is 0. The van der Waals surface area contributed by atoms with Crippen molar-refractivity contribution in [1.29, 1.82) is 0 Å². The van der Waals surface area contributed by atoms with Gasteiger partial charge in [-0.25, -0.2) is 0 Å². The fourth-order valence-corrected chi connectivity index (χ4v) is 5.71. The van der Waals surface area contributed by atoms with Crippen LogP contribution < -0.4 is 0 Å². The molecule has 140 valence electrons. The van der Waals surface area contributed by atoms with Crippen LogP contribution in [0.3, 0.4) is 0 Å². The summed E-state index contributed by atoms with van der Waals surface area (Å²) < 4.78 is 0. The van der Waals surface area contributed by atoms with Gasteiger partial charge in [-0.15, -0.1) is 22.7 Å². The minimum Gasteiger partial charge on any atom is -0.287 e. The van der Waals surface area contributed by atoms with Crippen molar-refractivity contribution in [3.05, 3.63) is 89.1 Å². The fraction of sp³-hybridized carbons (Fsp3) is 0. The highest BCUT2D eigenvalue weighted by Gasteiger charge is 2.23. The Balaban J connectivity index is 1.79. The van der Waals surface area contributed by atoms with Gasteiger partial charge in [0, 0.05) is 42.3 Å². The lowest BCUT2D eigenvalue weighted by molar-refractivity contribution is 0.104. The van der Waals surface area contributed by atoms with Crippen LogP contribution in [0.15, 0.2) is 59.3 Å². The van der Waals surface area contributed by atoms with E-state index in [1.165, 1.54) is 22.7 Å². The van der Waals surface area contributed by atoms with E-state index in [1.54, 1.807) is 24.3 Å². The van der Waals surface area contributed by atoms with E-state index in [0.717, 1.165) is 22.3 Å². The molecule has 0 amide bonds. The molecule has 0 N–H and O–H groups in total. The first-order chi connectivity index (χ1) is 13.5. The number of ketones is 1. The average molecular weight is 484 g/mol. The number of hydrogen-bond donors (Lipinski definition) is 0. The SMILES string of the molecule is O=C(c1sccc1-c1ccc(Cl)cc1Cl)c1sccc1-c1ccc(Cl)cc1Cl. The first-order valence-corrected chi connectivity index (χ1v) is 11.3. The van der Waals surface area contributed by atoms with Crippen LogP contribution in [-0.2, 0) is 0 Å². The van der Waals surface area contributed by atoms with E-state index in [-0.39, 0.29) is 5.78 Å². The number of hydrogen-bond acceptors (Lipinski definition) is 3. The highest BCUT2D eigenvalue weighted by atomic mass is 35.5. The van der Waals surface area contributed by atoms with E-state index < -0.39 is 0 Å². The molecule has 0 bridgehead atoms. The molecule has 0 aliphatic heterocycles. The number of thiophene rings is 2. The molecule has 0 fully saturated rings. The fourth-order valence-electron chi connectivity index (χ4n) is 2.91. The molecule has 0 atom stereocenters. The molecular formula is C21H10Cl4OS2. The van der Waals surface area contributed by atoms with Gasteiger partial charge in [0.25, 0.3) is 0 Å². The number of benzene rings is 2. The van der Waals surface area contributed by atoms with E-state index in [9.17, 15) is 4.79 Å². The Morgan fingerprint density at radius 1 is 0.607 bits per heavy atom. The molecule has 2 aromatic heterocycles. The van der Waals surface area contributed by atoms with Crippen LogP contribution in [0.5, 0.6) is 0 Å². The third-order valence-corrected chi connectivity index (χ3v) is 7.11. The third-order valence-electron chi connectivity index (χ3n) is 4.19. The van der Waals surface area contributed by atoms with Crippen molar-refractivity contribution >= 4 is 74.9 Å². The number of rotatable bonds is 4. The first kappa shape index (κ1) is 20.0. The van der Waals surface area contributed by atoms with Gasteiger partial charge in [-0.1, -0.05) is 58.5 Å². The Bertz CT molecular complexity index is 1100. The Labute approximate surface area is 190 Å². The number of carbonyl (C=O) groups is 1. The first-order valence-electron chi connectivity index (χ1n) is 8.06. The van der Waals surface area contributed by atoms with E-state index in [4.69, 9.17) is 46.4 Å². The normalized spacial score (nSPS) is 11.0. The molecule has 0 spiro atoms. The van der Waals surface area contributed by atoms with Crippen LogP contribution in [0.2, 0.25) is 20.1 Å². The highest BCUT2D eigenvalue weighted by molar-refractivity contribution is 7.16. The van der Waals surface area contributed by atoms with Crippen molar-refractivity contribution < 1.29 is 4.79 Å². The Morgan fingerprint density at radius 2 is 1.04 bits per heavy atom. The van der Waals surface area contributed by atoms with E-state index >= 15 is 0 Å². The third kappa shape index (κ3) is 3.76. The van der Waals surface area contributed by atoms with Gasteiger partial charge in [0.05, 0.1) is 9.75 Å². The molecule has 2 heterocycles. The summed E-state index contributed by atoms with van der Waals surface area (Å²) in [4.78, 5) is 14.6.